The molecule has 0 spiro atoms. The number of benzene rings is 2. The van der Waals surface area contributed by atoms with Gasteiger partial charge in [0.15, 0.2) is 17.1 Å². The lowest BCUT2D eigenvalue weighted by Gasteiger charge is -2.24. The van der Waals surface area contributed by atoms with Gasteiger partial charge in [0.25, 0.3) is 5.91 Å². The summed E-state index contributed by atoms with van der Waals surface area (Å²) in [7, 11) is -3.84. The van der Waals surface area contributed by atoms with E-state index in [2.05, 4.69) is 10.0 Å². The van der Waals surface area contributed by atoms with Crippen LogP contribution in [-0.4, -0.2) is 53.9 Å². The minimum atomic E-state index is -3.84. The number of hydrogen-bond acceptors (Lipinski definition) is 9. The van der Waals surface area contributed by atoms with Crippen LogP contribution in [0.3, 0.4) is 0 Å². The molecule has 8 rings (SSSR count). The summed E-state index contributed by atoms with van der Waals surface area (Å²) in [5.74, 6) is -2.91. The first-order chi connectivity index (χ1) is 24.6. The van der Waals surface area contributed by atoms with Gasteiger partial charge in [0.05, 0.1) is 22.9 Å². The molecule has 4 N–H and O–H groups in total. The van der Waals surface area contributed by atoms with Gasteiger partial charge in [-0.3, -0.25) is 19.1 Å². The molecule has 1 unspecified atom stereocenters. The van der Waals surface area contributed by atoms with Gasteiger partial charge in [-0.05, 0) is 63.5 Å². The summed E-state index contributed by atoms with van der Waals surface area (Å²) < 4.78 is 40.8. The predicted molar refractivity (Wildman–Crippen MR) is 192 cm³/mol. The van der Waals surface area contributed by atoms with E-state index in [-0.39, 0.29) is 31.0 Å². The Labute approximate surface area is 296 Å². The van der Waals surface area contributed by atoms with Gasteiger partial charge in [-0.2, -0.15) is 0 Å². The molecule has 4 aliphatic rings. The van der Waals surface area contributed by atoms with E-state index in [1.165, 1.54) is 0 Å². The number of pyridine rings is 1. The summed E-state index contributed by atoms with van der Waals surface area (Å²) in [5.41, 5.74) is 8.43. The molecular formula is C39H42N4O7S. The molecule has 0 saturated heterocycles. The van der Waals surface area contributed by atoms with Gasteiger partial charge in [0, 0.05) is 28.9 Å². The molecule has 2 aromatic carbocycles. The Morgan fingerprint density at radius 2 is 1.75 bits per heavy atom. The second-order valence-corrected chi connectivity index (χ2v) is 16.6. The van der Waals surface area contributed by atoms with E-state index < -0.39 is 56.6 Å². The van der Waals surface area contributed by atoms with Crippen molar-refractivity contribution in [2.24, 2.45) is 23.5 Å². The molecule has 3 aliphatic carbocycles. The quantitative estimate of drug-likeness (QED) is 0.224. The van der Waals surface area contributed by atoms with Crippen LogP contribution in [0.15, 0.2) is 77.2 Å². The van der Waals surface area contributed by atoms with Crippen LogP contribution in [0.1, 0.15) is 64.2 Å². The molecule has 3 heterocycles. The normalized spacial score (nSPS) is 29.3. The molecular weight excluding hydrogens is 669 g/mol. The number of hydrogen-bond donors (Lipinski definition) is 3. The van der Waals surface area contributed by atoms with Crippen LogP contribution in [0.5, 0.6) is 5.75 Å². The van der Waals surface area contributed by atoms with Gasteiger partial charge >= 0.3 is 0 Å². The summed E-state index contributed by atoms with van der Waals surface area (Å²) in [6.07, 6.45) is 8.90. The maximum atomic E-state index is 14.3. The van der Waals surface area contributed by atoms with Crippen molar-refractivity contribution in [1.29, 1.82) is 0 Å². The van der Waals surface area contributed by atoms with Crippen LogP contribution in [-0.2, 0) is 24.4 Å². The molecule has 12 heteroatoms. The predicted octanol–water partition coefficient (Wildman–Crippen LogP) is 5.32. The number of rotatable bonds is 6. The van der Waals surface area contributed by atoms with Crippen LogP contribution in [0.25, 0.3) is 33.3 Å². The fourth-order valence-corrected chi connectivity index (χ4v) is 9.19. The molecule has 2 aromatic heterocycles. The minimum Gasteiger partial charge on any atom is -0.486 e. The number of amides is 2. The Morgan fingerprint density at radius 3 is 2.55 bits per heavy atom. The highest BCUT2D eigenvalue weighted by atomic mass is 32.2. The third-order valence-electron chi connectivity index (χ3n) is 11.0. The van der Waals surface area contributed by atoms with Crippen molar-refractivity contribution >= 4 is 49.7 Å². The van der Waals surface area contributed by atoms with Crippen LogP contribution in [0, 0.1) is 17.8 Å². The fourth-order valence-electron chi connectivity index (χ4n) is 7.83. The lowest BCUT2D eigenvalue weighted by Crippen LogP contribution is -2.54. The molecule has 51 heavy (non-hydrogen) atoms. The molecule has 0 radical (unpaired) electrons. The molecule has 266 valence electrons. The summed E-state index contributed by atoms with van der Waals surface area (Å²) in [5, 5.41) is 3.19. The van der Waals surface area contributed by atoms with E-state index >= 15 is 0 Å². The first-order valence-electron chi connectivity index (χ1n) is 18.0. The number of allylic oxidation sites excluding steroid dienone is 1. The maximum Gasteiger partial charge on any atom is 0.259 e. The van der Waals surface area contributed by atoms with Crippen molar-refractivity contribution in [2.45, 2.75) is 87.1 Å². The zero-order chi connectivity index (χ0) is 35.3. The number of carbonyl (C=O) groups excluding carboxylic acids is 3. The Bertz CT molecular complexity index is 2140. The fraction of sp³-hybridized carbons (Fsp3) is 0.436. The summed E-state index contributed by atoms with van der Waals surface area (Å²) >= 11 is 0. The van der Waals surface area contributed by atoms with Crippen molar-refractivity contribution in [1.82, 2.24) is 15.0 Å². The number of nitrogens with one attached hydrogen (secondary N) is 2. The molecule has 4 aromatic rings. The number of para-hydroxylation sites is 1. The molecule has 6 atom stereocenters. The zero-order valence-electron chi connectivity index (χ0n) is 28.3. The van der Waals surface area contributed by atoms with E-state index in [0.717, 1.165) is 36.6 Å². The van der Waals surface area contributed by atoms with Gasteiger partial charge < -0.3 is 20.2 Å². The Balaban J connectivity index is 1.12. The molecule has 3 fully saturated rings. The highest BCUT2D eigenvalue weighted by molar-refractivity contribution is 7.91. The highest BCUT2D eigenvalue weighted by Crippen LogP contribution is 2.47. The Morgan fingerprint density at radius 1 is 0.980 bits per heavy atom. The standard InChI is InChI=1S/C39H42N4O7S/c40-30-15-8-3-1-2-7-13-24-22-39(24,38(46)43-51(47,48)26-17-18-26)42-37(45)29-20-25(19-28(29)35(30)44)49-33-21-31(23-11-5-4-6-12-23)41-34-27-14-9-10-16-32(27)50-36(33)34/h4-7,9-14,16,21,24-26,28-30H,1-3,8,15,17-20,22,40H2,(H,42,45)(H,43,46)/b13-7-/t24-,25+,28?,29-,30+,39-/m1/s1. The van der Waals surface area contributed by atoms with Crippen LogP contribution >= 0.6 is 0 Å². The Kier molecular flexibility index (Phi) is 8.70. The number of Topliss-reactive ketones (excluding diaryl/α,β-unsaturated/α-hetero) is 1. The van der Waals surface area contributed by atoms with Crippen molar-refractivity contribution < 1.29 is 32.0 Å². The lowest BCUT2D eigenvalue weighted by atomic mass is 9.86. The van der Waals surface area contributed by atoms with Crippen LogP contribution in [0.2, 0.25) is 0 Å². The van der Waals surface area contributed by atoms with E-state index in [9.17, 15) is 22.8 Å². The van der Waals surface area contributed by atoms with Crippen molar-refractivity contribution in [3.8, 4) is 17.0 Å². The number of fused-ring (bicyclic) bond motifs is 5. The number of ether oxygens (including phenoxy) is 1. The smallest absolute Gasteiger partial charge is 0.259 e. The van der Waals surface area contributed by atoms with Gasteiger partial charge in [-0.15, -0.1) is 0 Å². The molecule has 11 nitrogen and oxygen atoms in total. The van der Waals surface area contributed by atoms with Crippen molar-refractivity contribution in [3.63, 3.8) is 0 Å². The third-order valence-corrected chi connectivity index (χ3v) is 12.8. The zero-order valence-corrected chi connectivity index (χ0v) is 29.1. The van der Waals surface area contributed by atoms with Crippen molar-refractivity contribution in [3.05, 3.63) is 72.8 Å². The number of carbonyl (C=O) groups is 3. The first kappa shape index (κ1) is 33.6. The van der Waals surface area contributed by atoms with Crippen molar-refractivity contribution in [2.75, 3.05) is 0 Å². The van der Waals surface area contributed by atoms with Crippen LogP contribution < -0.4 is 20.5 Å². The lowest BCUT2D eigenvalue weighted by molar-refractivity contribution is -0.135. The van der Waals surface area contributed by atoms with Gasteiger partial charge in [-0.1, -0.05) is 67.5 Å². The SMILES string of the molecule is N[C@H]1CCCCC/C=C\[C@@H]2C[C@@]2(C(=O)NS(=O)(=O)C2CC2)NC(=O)[C@@H]2C[C@@H](Oc3cc(-c4ccccc4)nc4c3oc3ccccc34)CC2C1=O. The van der Waals surface area contributed by atoms with Gasteiger partial charge in [0.2, 0.25) is 15.9 Å². The topological polar surface area (TPSA) is 171 Å². The minimum absolute atomic E-state index is 0.193. The highest BCUT2D eigenvalue weighted by Gasteiger charge is 2.62. The number of nitrogens with zero attached hydrogens (tertiary/aromatic N) is 1. The summed E-state index contributed by atoms with van der Waals surface area (Å²) in [4.78, 5) is 46.8. The van der Waals surface area contributed by atoms with Crippen LogP contribution in [0.4, 0.5) is 0 Å². The number of sulfonamides is 1. The average Bonchev–Trinajstić information content (AvgIpc) is 4.02. The molecule has 3 saturated carbocycles. The number of furan rings is 1. The van der Waals surface area contributed by atoms with E-state index in [1.807, 2.05) is 72.8 Å². The number of nitrogens with two attached hydrogens (primary N) is 1. The summed E-state index contributed by atoms with van der Waals surface area (Å²) in [6, 6.07) is 18.5. The Hall–Kier alpha value is -4.55. The van der Waals surface area contributed by atoms with E-state index in [4.69, 9.17) is 19.9 Å². The second kappa shape index (κ2) is 13.2. The molecule has 1 aliphatic heterocycles. The average molecular weight is 711 g/mol. The molecule has 0 bridgehead atoms. The third kappa shape index (κ3) is 6.55. The number of aromatic nitrogens is 1. The van der Waals surface area contributed by atoms with E-state index in [1.54, 1.807) is 0 Å². The van der Waals surface area contributed by atoms with Gasteiger partial charge in [0.1, 0.15) is 22.7 Å². The maximum absolute atomic E-state index is 14.3. The monoisotopic (exact) mass is 710 g/mol. The largest absolute Gasteiger partial charge is 0.486 e. The molecule has 2 amide bonds. The van der Waals surface area contributed by atoms with E-state index in [0.29, 0.717) is 47.4 Å². The first-order valence-corrected chi connectivity index (χ1v) is 19.6. The second-order valence-electron chi connectivity index (χ2n) is 14.6. The van der Waals surface area contributed by atoms with Gasteiger partial charge in [-0.25, -0.2) is 13.4 Å². The summed E-state index contributed by atoms with van der Waals surface area (Å²) in [6.45, 7) is 0. The number of ketones is 1.